The standard InChI is InChI=1S/C29H27ClN2O6/c1-4-37-28(34)25-18(2)32(23-13-11-22(30)12-14-23)29(35)31-26(25)20-9-15-24(16-10-20)38-17-19-5-7-21(8-6-19)27(33)36-3/h5-16,26H,4,17H2,1-3H3,(H,31,35)/t26-/m1/s1. The van der Waals surface area contributed by atoms with Crippen LogP contribution in [0.1, 0.15) is 41.4 Å². The number of halogens is 1. The van der Waals surface area contributed by atoms with Gasteiger partial charge in [0, 0.05) is 10.7 Å². The van der Waals surface area contributed by atoms with Gasteiger partial charge in [-0.25, -0.2) is 14.4 Å². The summed E-state index contributed by atoms with van der Waals surface area (Å²) in [5.74, 6) is -0.301. The molecule has 0 fully saturated rings. The molecule has 38 heavy (non-hydrogen) atoms. The first-order chi connectivity index (χ1) is 18.3. The van der Waals surface area contributed by atoms with Crippen molar-refractivity contribution in [1.29, 1.82) is 0 Å². The van der Waals surface area contributed by atoms with Crippen LogP contribution in [0.4, 0.5) is 10.5 Å². The number of hydrogen-bond donors (Lipinski definition) is 1. The Kier molecular flexibility index (Phi) is 8.33. The maximum atomic E-state index is 13.2. The molecule has 4 rings (SSSR count). The van der Waals surface area contributed by atoms with Gasteiger partial charge in [0.1, 0.15) is 12.4 Å². The summed E-state index contributed by atoms with van der Waals surface area (Å²) >= 11 is 6.01. The number of allylic oxidation sites excluding steroid dienone is 1. The van der Waals surface area contributed by atoms with Crippen molar-refractivity contribution in [3.05, 3.63) is 106 Å². The fourth-order valence-electron chi connectivity index (χ4n) is 4.15. The molecule has 1 N–H and O–H groups in total. The minimum atomic E-state index is -0.704. The van der Waals surface area contributed by atoms with Crippen LogP contribution in [0.15, 0.2) is 84.1 Å². The zero-order valence-electron chi connectivity index (χ0n) is 21.2. The number of hydrogen-bond acceptors (Lipinski definition) is 6. The van der Waals surface area contributed by atoms with E-state index in [1.165, 1.54) is 12.0 Å². The normalized spacial score (nSPS) is 15.1. The van der Waals surface area contributed by atoms with E-state index in [9.17, 15) is 14.4 Å². The zero-order chi connectivity index (χ0) is 27.2. The van der Waals surface area contributed by atoms with E-state index >= 15 is 0 Å². The molecule has 1 aliphatic rings. The molecule has 1 aliphatic heterocycles. The summed E-state index contributed by atoms with van der Waals surface area (Å²) in [7, 11) is 1.34. The van der Waals surface area contributed by atoms with E-state index in [0.29, 0.717) is 45.5 Å². The fourth-order valence-corrected chi connectivity index (χ4v) is 4.27. The molecule has 0 saturated carbocycles. The number of benzene rings is 3. The minimum Gasteiger partial charge on any atom is -0.489 e. The number of rotatable bonds is 8. The van der Waals surface area contributed by atoms with Crippen molar-refractivity contribution < 1.29 is 28.6 Å². The summed E-state index contributed by atoms with van der Waals surface area (Å²) in [5.41, 5.74) is 3.42. The van der Waals surface area contributed by atoms with Gasteiger partial charge in [0.15, 0.2) is 0 Å². The van der Waals surface area contributed by atoms with Gasteiger partial charge in [-0.1, -0.05) is 35.9 Å². The lowest BCUT2D eigenvalue weighted by molar-refractivity contribution is -0.139. The van der Waals surface area contributed by atoms with Gasteiger partial charge < -0.3 is 19.5 Å². The molecular weight excluding hydrogens is 508 g/mol. The number of anilines is 1. The Morgan fingerprint density at radius 3 is 2.21 bits per heavy atom. The van der Waals surface area contributed by atoms with Crippen molar-refractivity contribution in [2.75, 3.05) is 18.6 Å². The van der Waals surface area contributed by atoms with Crippen molar-refractivity contribution in [3.63, 3.8) is 0 Å². The molecule has 8 nitrogen and oxygen atoms in total. The zero-order valence-corrected chi connectivity index (χ0v) is 22.0. The van der Waals surface area contributed by atoms with E-state index in [4.69, 9.17) is 25.8 Å². The Morgan fingerprint density at radius 1 is 0.947 bits per heavy atom. The number of nitrogens with zero attached hydrogens (tertiary/aromatic N) is 1. The third-order valence-electron chi connectivity index (χ3n) is 6.06. The number of methoxy groups -OCH3 is 1. The van der Waals surface area contributed by atoms with Crippen LogP contribution in [0.3, 0.4) is 0 Å². The molecule has 0 aromatic heterocycles. The molecule has 0 saturated heterocycles. The molecule has 196 valence electrons. The first-order valence-electron chi connectivity index (χ1n) is 12.0. The smallest absolute Gasteiger partial charge is 0.338 e. The predicted molar refractivity (Wildman–Crippen MR) is 143 cm³/mol. The first-order valence-corrected chi connectivity index (χ1v) is 12.3. The highest BCUT2D eigenvalue weighted by Gasteiger charge is 2.37. The maximum absolute atomic E-state index is 13.2. The largest absolute Gasteiger partial charge is 0.489 e. The van der Waals surface area contributed by atoms with Gasteiger partial charge in [0.05, 0.1) is 36.6 Å². The lowest BCUT2D eigenvalue weighted by Gasteiger charge is -2.35. The first kappa shape index (κ1) is 26.8. The molecule has 0 unspecified atom stereocenters. The van der Waals surface area contributed by atoms with E-state index in [0.717, 1.165) is 5.56 Å². The van der Waals surface area contributed by atoms with Gasteiger partial charge in [0.2, 0.25) is 0 Å². The quantitative estimate of drug-likeness (QED) is 0.366. The second-order valence-corrected chi connectivity index (χ2v) is 8.90. The molecule has 0 spiro atoms. The Labute approximate surface area is 225 Å². The summed E-state index contributed by atoms with van der Waals surface area (Å²) in [6, 6.07) is 19.8. The Bertz CT molecular complexity index is 1350. The Morgan fingerprint density at radius 2 is 1.61 bits per heavy atom. The molecule has 3 aromatic carbocycles. The van der Waals surface area contributed by atoms with Crippen molar-refractivity contribution in [2.24, 2.45) is 0 Å². The van der Waals surface area contributed by atoms with Gasteiger partial charge >= 0.3 is 18.0 Å². The maximum Gasteiger partial charge on any atom is 0.338 e. The molecule has 1 atom stereocenters. The molecular formula is C29H27ClN2O6. The number of amides is 2. The van der Waals surface area contributed by atoms with Crippen molar-refractivity contribution in [2.45, 2.75) is 26.5 Å². The molecule has 3 aromatic rings. The van der Waals surface area contributed by atoms with Crippen molar-refractivity contribution in [1.82, 2.24) is 5.32 Å². The lowest BCUT2D eigenvalue weighted by atomic mass is 9.94. The van der Waals surface area contributed by atoms with Crippen LogP contribution in [0.25, 0.3) is 0 Å². The van der Waals surface area contributed by atoms with Gasteiger partial charge in [0.25, 0.3) is 0 Å². The van der Waals surface area contributed by atoms with Gasteiger partial charge in [-0.15, -0.1) is 0 Å². The number of carbonyl (C=O) groups is 3. The lowest BCUT2D eigenvalue weighted by Crippen LogP contribution is -2.48. The summed E-state index contributed by atoms with van der Waals surface area (Å²) in [5, 5.41) is 3.47. The third-order valence-corrected chi connectivity index (χ3v) is 6.31. The van der Waals surface area contributed by atoms with Gasteiger partial charge in [-0.3, -0.25) is 4.90 Å². The average Bonchev–Trinajstić information content (AvgIpc) is 2.93. The van der Waals surface area contributed by atoms with Crippen LogP contribution >= 0.6 is 11.6 Å². The molecule has 0 aliphatic carbocycles. The number of esters is 2. The van der Waals surface area contributed by atoms with E-state index in [1.54, 1.807) is 86.6 Å². The van der Waals surface area contributed by atoms with Gasteiger partial charge in [-0.05, 0) is 73.5 Å². The summed E-state index contributed by atoms with van der Waals surface area (Å²) in [6.45, 7) is 3.95. The summed E-state index contributed by atoms with van der Waals surface area (Å²) in [6.07, 6.45) is 0. The fraction of sp³-hybridized carbons (Fsp3) is 0.207. The third kappa shape index (κ3) is 5.81. The van der Waals surface area contributed by atoms with Gasteiger partial charge in [-0.2, -0.15) is 0 Å². The highest BCUT2D eigenvalue weighted by atomic mass is 35.5. The van der Waals surface area contributed by atoms with E-state index in [-0.39, 0.29) is 12.6 Å². The topological polar surface area (TPSA) is 94.2 Å². The second kappa shape index (κ2) is 11.8. The van der Waals surface area contributed by atoms with E-state index in [2.05, 4.69) is 5.32 Å². The highest BCUT2D eigenvalue weighted by molar-refractivity contribution is 6.30. The number of urea groups is 1. The average molecular weight is 535 g/mol. The molecule has 9 heteroatoms. The molecule has 0 bridgehead atoms. The van der Waals surface area contributed by atoms with Crippen LogP contribution in [0, 0.1) is 0 Å². The second-order valence-electron chi connectivity index (χ2n) is 8.46. The van der Waals surface area contributed by atoms with Crippen molar-refractivity contribution >= 4 is 35.3 Å². The minimum absolute atomic E-state index is 0.199. The Balaban J connectivity index is 1.55. The van der Waals surface area contributed by atoms with Crippen LogP contribution in [-0.4, -0.2) is 31.7 Å². The van der Waals surface area contributed by atoms with Crippen LogP contribution < -0.4 is 15.0 Å². The molecule has 2 amide bonds. The van der Waals surface area contributed by atoms with Crippen LogP contribution in [0.5, 0.6) is 5.75 Å². The van der Waals surface area contributed by atoms with Crippen LogP contribution in [0.2, 0.25) is 5.02 Å². The van der Waals surface area contributed by atoms with E-state index < -0.39 is 18.0 Å². The van der Waals surface area contributed by atoms with Crippen LogP contribution in [-0.2, 0) is 20.9 Å². The molecule has 1 heterocycles. The number of carbonyl (C=O) groups excluding carboxylic acids is 3. The van der Waals surface area contributed by atoms with Crippen molar-refractivity contribution in [3.8, 4) is 5.75 Å². The predicted octanol–water partition coefficient (Wildman–Crippen LogP) is 5.81. The summed E-state index contributed by atoms with van der Waals surface area (Å²) in [4.78, 5) is 39.2. The summed E-state index contributed by atoms with van der Waals surface area (Å²) < 4.78 is 15.9. The SMILES string of the molecule is CCOC(=O)C1=C(C)N(c2ccc(Cl)cc2)C(=O)N[C@@H]1c1ccc(OCc2ccc(C(=O)OC)cc2)cc1. The Hall–Kier alpha value is -4.30. The number of nitrogens with one attached hydrogen (secondary N) is 1. The molecule has 0 radical (unpaired) electrons. The highest BCUT2D eigenvalue weighted by Crippen LogP contribution is 2.35. The number of ether oxygens (including phenoxy) is 3. The van der Waals surface area contributed by atoms with E-state index in [1.807, 2.05) is 0 Å². The monoisotopic (exact) mass is 534 g/mol.